The minimum absolute atomic E-state index is 0.128. The standard InChI is InChI=1S/C17H17NO2/c1-13-11-17(9-8-15(13)6-4-10-19)20-12-16-7-3-5-14(2)18-16/h3,5,7-9,11,19H,10,12H2,1-2H3. The fourth-order valence-corrected chi connectivity index (χ4v) is 1.84. The van der Waals surface area contributed by atoms with Gasteiger partial charge in [0.1, 0.15) is 19.0 Å². The molecule has 0 aliphatic carbocycles. The summed E-state index contributed by atoms with van der Waals surface area (Å²) in [6, 6.07) is 11.6. The molecular weight excluding hydrogens is 250 g/mol. The lowest BCUT2D eigenvalue weighted by atomic mass is 10.1. The number of pyridine rings is 1. The number of benzene rings is 1. The lowest BCUT2D eigenvalue weighted by Crippen LogP contribution is -1.99. The normalized spacial score (nSPS) is 9.75. The molecule has 3 heteroatoms. The molecule has 0 aliphatic heterocycles. The molecule has 1 heterocycles. The van der Waals surface area contributed by atoms with Gasteiger partial charge in [-0.15, -0.1) is 0 Å². The zero-order valence-electron chi connectivity index (χ0n) is 11.7. The Morgan fingerprint density at radius 1 is 1.20 bits per heavy atom. The second-order valence-corrected chi connectivity index (χ2v) is 4.50. The van der Waals surface area contributed by atoms with Crippen molar-refractivity contribution in [1.82, 2.24) is 4.98 Å². The van der Waals surface area contributed by atoms with Gasteiger partial charge >= 0.3 is 0 Å². The molecule has 0 unspecified atom stereocenters. The largest absolute Gasteiger partial charge is 0.487 e. The Balaban J connectivity index is 2.05. The highest BCUT2D eigenvalue weighted by molar-refractivity contribution is 5.44. The van der Waals surface area contributed by atoms with Crippen molar-refractivity contribution in [2.45, 2.75) is 20.5 Å². The van der Waals surface area contributed by atoms with E-state index in [1.807, 2.05) is 50.2 Å². The Bertz CT molecular complexity index is 654. The fraction of sp³-hybridized carbons (Fsp3) is 0.235. The maximum absolute atomic E-state index is 8.70. The van der Waals surface area contributed by atoms with E-state index in [0.29, 0.717) is 6.61 Å². The van der Waals surface area contributed by atoms with Crippen LogP contribution >= 0.6 is 0 Å². The molecule has 2 rings (SSSR count). The SMILES string of the molecule is Cc1cccc(COc2ccc(C#CCO)c(C)c2)n1. The van der Waals surface area contributed by atoms with Gasteiger partial charge in [-0.2, -0.15) is 0 Å². The second-order valence-electron chi connectivity index (χ2n) is 4.50. The first-order chi connectivity index (χ1) is 9.69. The summed E-state index contributed by atoms with van der Waals surface area (Å²) in [7, 11) is 0. The third kappa shape index (κ3) is 3.84. The molecule has 0 saturated heterocycles. The van der Waals surface area contributed by atoms with Gasteiger partial charge in [0, 0.05) is 11.3 Å². The maximum Gasteiger partial charge on any atom is 0.130 e. The molecule has 0 saturated carbocycles. The first-order valence-corrected chi connectivity index (χ1v) is 6.45. The van der Waals surface area contributed by atoms with Gasteiger partial charge in [-0.05, 0) is 49.7 Å². The van der Waals surface area contributed by atoms with Gasteiger partial charge in [0.05, 0.1) is 5.69 Å². The van der Waals surface area contributed by atoms with Crippen molar-refractivity contribution in [1.29, 1.82) is 0 Å². The summed E-state index contributed by atoms with van der Waals surface area (Å²) in [4.78, 5) is 4.39. The van der Waals surface area contributed by atoms with E-state index in [0.717, 1.165) is 28.3 Å². The molecule has 0 atom stereocenters. The van der Waals surface area contributed by atoms with Crippen LogP contribution in [0.1, 0.15) is 22.5 Å². The first-order valence-electron chi connectivity index (χ1n) is 6.45. The second kappa shape index (κ2) is 6.74. The Morgan fingerprint density at radius 2 is 2.05 bits per heavy atom. The van der Waals surface area contributed by atoms with Crippen LogP contribution in [0.2, 0.25) is 0 Å². The van der Waals surface area contributed by atoms with Crippen molar-refractivity contribution < 1.29 is 9.84 Å². The number of aliphatic hydroxyl groups excluding tert-OH is 1. The van der Waals surface area contributed by atoms with E-state index in [2.05, 4.69) is 16.8 Å². The minimum Gasteiger partial charge on any atom is -0.487 e. The van der Waals surface area contributed by atoms with E-state index in [4.69, 9.17) is 9.84 Å². The van der Waals surface area contributed by atoms with Crippen molar-refractivity contribution in [3.05, 3.63) is 58.9 Å². The highest BCUT2D eigenvalue weighted by Crippen LogP contribution is 2.17. The van der Waals surface area contributed by atoms with Crippen LogP contribution < -0.4 is 4.74 Å². The summed E-state index contributed by atoms with van der Waals surface area (Å²) in [6.07, 6.45) is 0. The van der Waals surface area contributed by atoms with E-state index in [9.17, 15) is 0 Å². The maximum atomic E-state index is 8.70. The highest BCUT2D eigenvalue weighted by atomic mass is 16.5. The van der Waals surface area contributed by atoms with Crippen LogP contribution in [0, 0.1) is 25.7 Å². The molecule has 1 aromatic carbocycles. The topological polar surface area (TPSA) is 42.4 Å². The first kappa shape index (κ1) is 14.1. The minimum atomic E-state index is -0.128. The van der Waals surface area contributed by atoms with E-state index in [-0.39, 0.29) is 6.61 Å². The number of rotatable bonds is 3. The average molecular weight is 267 g/mol. The summed E-state index contributed by atoms with van der Waals surface area (Å²) in [5.41, 5.74) is 3.82. The van der Waals surface area contributed by atoms with Gasteiger partial charge in [-0.3, -0.25) is 4.98 Å². The van der Waals surface area contributed by atoms with Crippen LogP contribution in [-0.4, -0.2) is 16.7 Å². The van der Waals surface area contributed by atoms with Gasteiger partial charge in [-0.1, -0.05) is 17.9 Å². The molecule has 0 radical (unpaired) electrons. The molecule has 0 spiro atoms. The Kier molecular flexibility index (Phi) is 4.75. The summed E-state index contributed by atoms with van der Waals surface area (Å²) in [6.45, 7) is 4.25. The zero-order chi connectivity index (χ0) is 14.4. The van der Waals surface area contributed by atoms with E-state index in [1.165, 1.54) is 0 Å². The molecule has 102 valence electrons. The number of hydrogen-bond donors (Lipinski definition) is 1. The van der Waals surface area contributed by atoms with Gasteiger partial charge < -0.3 is 9.84 Å². The average Bonchev–Trinajstić information content (AvgIpc) is 2.44. The molecule has 0 amide bonds. The summed E-state index contributed by atoms with van der Waals surface area (Å²) in [5.74, 6) is 6.34. The molecule has 0 fully saturated rings. The zero-order valence-corrected chi connectivity index (χ0v) is 11.7. The van der Waals surface area contributed by atoms with Crippen LogP contribution in [0.25, 0.3) is 0 Å². The number of aromatic nitrogens is 1. The Labute approximate surface area is 119 Å². The predicted molar refractivity (Wildman–Crippen MR) is 78.4 cm³/mol. The van der Waals surface area contributed by atoms with Crippen molar-refractivity contribution in [2.75, 3.05) is 6.61 Å². The summed E-state index contributed by atoms with van der Waals surface area (Å²) in [5, 5.41) is 8.70. The van der Waals surface area contributed by atoms with Crippen molar-refractivity contribution in [3.8, 4) is 17.6 Å². The number of nitrogens with zero attached hydrogens (tertiary/aromatic N) is 1. The number of aliphatic hydroxyl groups is 1. The monoisotopic (exact) mass is 267 g/mol. The quantitative estimate of drug-likeness (QED) is 0.869. The summed E-state index contributed by atoms with van der Waals surface area (Å²) < 4.78 is 5.73. The van der Waals surface area contributed by atoms with Crippen molar-refractivity contribution in [3.63, 3.8) is 0 Å². The summed E-state index contributed by atoms with van der Waals surface area (Å²) >= 11 is 0. The third-order valence-electron chi connectivity index (χ3n) is 2.83. The highest BCUT2D eigenvalue weighted by Gasteiger charge is 2.01. The fourth-order valence-electron chi connectivity index (χ4n) is 1.84. The van der Waals surface area contributed by atoms with E-state index in [1.54, 1.807) is 0 Å². The van der Waals surface area contributed by atoms with Crippen LogP contribution in [0.15, 0.2) is 36.4 Å². The molecular formula is C17H17NO2. The molecule has 0 bridgehead atoms. The molecule has 1 N–H and O–H groups in total. The van der Waals surface area contributed by atoms with E-state index >= 15 is 0 Å². The van der Waals surface area contributed by atoms with Crippen LogP contribution in [0.5, 0.6) is 5.75 Å². The van der Waals surface area contributed by atoms with Gasteiger partial charge in [-0.25, -0.2) is 0 Å². The molecule has 3 nitrogen and oxygen atoms in total. The smallest absolute Gasteiger partial charge is 0.130 e. The van der Waals surface area contributed by atoms with Crippen LogP contribution in [-0.2, 0) is 6.61 Å². The van der Waals surface area contributed by atoms with Crippen molar-refractivity contribution >= 4 is 0 Å². The lowest BCUT2D eigenvalue weighted by molar-refractivity contribution is 0.301. The van der Waals surface area contributed by atoms with Gasteiger partial charge in [0.15, 0.2) is 0 Å². The predicted octanol–water partition coefficient (Wildman–Crippen LogP) is 2.62. The number of ether oxygens (including phenoxy) is 1. The van der Waals surface area contributed by atoms with Crippen molar-refractivity contribution in [2.24, 2.45) is 0 Å². The molecule has 0 aliphatic rings. The molecule has 20 heavy (non-hydrogen) atoms. The van der Waals surface area contributed by atoms with Crippen LogP contribution in [0.4, 0.5) is 0 Å². The third-order valence-corrected chi connectivity index (χ3v) is 2.83. The lowest BCUT2D eigenvalue weighted by Gasteiger charge is -2.08. The van der Waals surface area contributed by atoms with E-state index < -0.39 is 0 Å². The number of hydrogen-bond acceptors (Lipinski definition) is 3. The van der Waals surface area contributed by atoms with Crippen LogP contribution in [0.3, 0.4) is 0 Å². The van der Waals surface area contributed by atoms with Gasteiger partial charge in [0.25, 0.3) is 0 Å². The van der Waals surface area contributed by atoms with Gasteiger partial charge in [0.2, 0.25) is 0 Å². The Hall–Kier alpha value is -2.31. The molecule has 2 aromatic rings. The Morgan fingerprint density at radius 3 is 2.75 bits per heavy atom. The molecule has 1 aromatic heterocycles. The number of aryl methyl sites for hydroxylation is 2.